The number of nitro benzene ring substituents is 1. The Balaban J connectivity index is 2.31. The molecule has 1 aliphatic rings. The number of hydrogen-bond acceptors (Lipinski definition) is 3. The average molecular weight is 214 g/mol. The van der Waals surface area contributed by atoms with Gasteiger partial charge < -0.3 is 4.74 Å². The molecule has 0 aliphatic heterocycles. The van der Waals surface area contributed by atoms with E-state index in [0.717, 1.165) is 12.8 Å². The van der Waals surface area contributed by atoms with Gasteiger partial charge in [-0.2, -0.15) is 0 Å². The van der Waals surface area contributed by atoms with Gasteiger partial charge in [0.1, 0.15) is 0 Å². The maximum Gasteiger partial charge on any atom is 0.312 e. The highest BCUT2D eigenvalue weighted by atomic mass is 35.5. The predicted molar refractivity (Wildman–Crippen MR) is 51.8 cm³/mol. The molecule has 1 fully saturated rings. The van der Waals surface area contributed by atoms with Crippen molar-refractivity contribution in [2.45, 2.75) is 18.9 Å². The molecule has 0 unspecified atom stereocenters. The third-order valence-electron chi connectivity index (χ3n) is 1.94. The van der Waals surface area contributed by atoms with Gasteiger partial charge in [-0.25, -0.2) is 0 Å². The molecule has 1 aliphatic carbocycles. The first-order valence-electron chi connectivity index (χ1n) is 4.27. The van der Waals surface area contributed by atoms with Crippen LogP contribution < -0.4 is 4.74 Å². The molecular formula is C9H8ClNO3. The summed E-state index contributed by atoms with van der Waals surface area (Å²) in [5.74, 6) is 0.307. The molecule has 0 amide bonds. The van der Waals surface area contributed by atoms with Crippen molar-refractivity contribution < 1.29 is 9.66 Å². The van der Waals surface area contributed by atoms with Crippen molar-refractivity contribution in [2.24, 2.45) is 0 Å². The Labute approximate surface area is 85.6 Å². The van der Waals surface area contributed by atoms with E-state index in [0.29, 0.717) is 10.8 Å². The van der Waals surface area contributed by atoms with Crippen LogP contribution in [0.2, 0.25) is 5.02 Å². The minimum Gasteiger partial charge on any atom is -0.483 e. The highest BCUT2D eigenvalue weighted by Crippen LogP contribution is 2.34. The van der Waals surface area contributed by atoms with Gasteiger partial charge in [0.25, 0.3) is 0 Å². The maximum absolute atomic E-state index is 10.6. The fraction of sp³-hybridized carbons (Fsp3) is 0.333. The Kier molecular flexibility index (Phi) is 2.29. The standard InChI is InChI=1S/C9H8ClNO3/c10-6-1-4-9(14-7-2-3-7)8(5-6)11(12)13/h1,4-5,7H,2-3H2. The van der Waals surface area contributed by atoms with Gasteiger partial charge in [0.05, 0.1) is 11.0 Å². The average Bonchev–Trinajstić information content (AvgIpc) is 2.91. The summed E-state index contributed by atoms with van der Waals surface area (Å²) in [6.45, 7) is 0. The third-order valence-corrected chi connectivity index (χ3v) is 2.17. The Bertz CT molecular complexity index is 376. The number of halogens is 1. The summed E-state index contributed by atoms with van der Waals surface area (Å²) in [7, 11) is 0. The van der Waals surface area contributed by atoms with Crippen LogP contribution in [-0.2, 0) is 0 Å². The third kappa shape index (κ3) is 1.96. The predicted octanol–water partition coefficient (Wildman–Crippen LogP) is 2.79. The summed E-state index contributed by atoms with van der Waals surface area (Å²) in [6.07, 6.45) is 2.09. The Morgan fingerprint density at radius 2 is 2.21 bits per heavy atom. The lowest BCUT2D eigenvalue weighted by molar-refractivity contribution is -0.385. The molecule has 74 valence electrons. The zero-order valence-electron chi connectivity index (χ0n) is 7.27. The van der Waals surface area contributed by atoms with E-state index in [2.05, 4.69) is 0 Å². The molecule has 0 heterocycles. The van der Waals surface area contributed by atoms with Crippen molar-refractivity contribution in [2.75, 3.05) is 0 Å². The fourth-order valence-electron chi connectivity index (χ4n) is 1.10. The summed E-state index contributed by atoms with van der Waals surface area (Å²) in [5.41, 5.74) is -0.0654. The number of benzene rings is 1. The topological polar surface area (TPSA) is 52.4 Å². The van der Waals surface area contributed by atoms with Crippen molar-refractivity contribution in [3.05, 3.63) is 33.3 Å². The van der Waals surface area contributed by atoms with E-state index in [9.17, 15) is 10.1 Å². The zero-order chi connectivity index (χ0) is 10.1. The first-order chi connectivity index (χ1) is 6.66. The number of rotatable bonds is 3. The Hall–Kier alpha value is -1.29. The molecule has 1 aromatic rings. The minimum atomic E-state index is -0.483. The van der Waals surface area contributed by atoms with E-state index in [1.54, 1.807) is 12.1 Å². The van der Waals surface area contributed by atoms with Crippen LogP contribution in [0.5, 0.6) is 5.75 Å². The summed E-state index contributed by atoms with van der Waals surface area (Å²) in [4.78, 5) is 10.2. The Morgan fingerprint density at radius 1 is 1.50 bits per heavy atom. The largest absolute Gasteiger partial charge is 0.483 e. The molecule has 0 spiro atoms. The van der Waals surface area contributed by atoms with Crippen molar-refractivity contribution in [3.8, 4) is 5.75 Å². The monoisotopic (exact) mass is 213 g/mol. The van der Waals surface area contributed by atoms with Gasteiger partial charge in [0.15, 0.2) is 5.75 Å². The highest BCUT2D eigenvalue weighted by molar-refractivity contribution is 6.30. The molecule has 0 bridgehead atoms. The van der Waals surface area contributed by atoms with E-state index >= 15 is 0 Å². The molecule has 1 saturated carbocycles. The molecule has 4 nitrogen and oxygen atoms in total. The number of nitrogens with zero attached hydrogens (tertiary/aromatic N) is 1. The normalized spacial score (nSPS) is 15.2. The van der Waals surface area contributed by atoms with Gasteiger partial charge in [0, 0.05) is 11.1 Å². The lowest BCUT2D eigenvalue weighted by Gasteiger charge is -2.04. The summed E-state index contributed by atoms with van der Waals surface area (Å²) in [5, 5.41) is 11.0. The molecule has 0 saturated heterocycles. The van der Waals surface area contributed by atoms with Gasteiger partial charge in [-0.3, -0.25) is 10.1 Å². The molecule has 0 aromatic heterocycles. The summed E-state index contributed by atoms with van der Waals surface area (Å²) < 4.78 is 5.37. The van der Waals surface area contributed by atoms with Gasteiger partial charge in [-0.05, 0) is 25.0 Å². The molecule has 2 rings (SSSR count). The molecular weight excluding hydrogens is 206 g/mol. The molecule has 14 heavy (non-hydrogen) atoms. The summed E-state index contributed by atoms with van der Waals surface area (Å²) in [6, 6.07) is 4.43. The molecule has 0 N–H and O–H groups in total. The van der Waals surface area contributed by atoms with Gasteiger partial charge in [-0.15, -0.1) is 0 Å². The second-order valence-electron chi connectivity index (χ2n) is 3.19. The smallest absolute Gasteiger partial charge is 0.312 e. The lowest BCUT2D eigenvalue weighted by atomic mass is 10.3. The van der Waals surface area contributed by atoms with Crippen LogP contribution in [-0.4, -0.2) is 11.0 Å². The van der Waals surface area contributed by atoms with Crippen LogP contribution in [0, 0.1) is 10.1 Å². The van der Waals surface area contributed by atoms with E-state index in [1.807, 2.05) is 0 Å². The van der Waals surface area contributed by atoms with Crippen molar-refractivity contribution >= 4 is 17.3 Å². The lowest BCUT2D eigenvalue weighted by Crippen LogP contribution is -1.99. The van der Waals surface area contributed by atoms with Gasteiger partial charge in [0.2, 0.25) is 0 Å². The van der Waals surface area contributed by atoms with Crippen molar-refractivity contribution in [1.82, 2.24) is 0 Å². The zero-order valence-corrected chi connectivity index (χ0v) is 8.03. The molecule has 0 atom stereocenters. The first-order valence-corrected chi connectivity index (χ1v) is 4.65. The number of nitro groups is 1. The van der Waals surface area contributed by atoms with Crippen LogP contribution in [0.4, 0.5) is 5.69 Å². The van der Waals surface area contributed by atoms with E-state index < -0.39 is 4.92 Å². The van der Waals surface area contributed by atoms with E-state index in [4.69, 9.17) is 16.3 Å². The molecule has 1 aromatic carbocycles. The molecule has 5 heteroatoms. The number of ether oxygens (including phenoxy) is 1. The fourth-order valence-corrected chi connectivity index (χ4v) is 1.26. The summed E-state index contributed by atoms with van der Waals surface area (Å²) >= 11 is 5.65. The number of hydrogen-bond donors (Lipinski definition) is 0. The van der Waals surface area contributed by atoms with Gasteiger partial charge in [-0.1, -0.05) is 11.6 Å². The molecule has 0 radical (unpaired) electrons. The quantitative estimate of drug-likeness (QED) is 0.573. The highest BCUT2D eigenvalue weighted by Gasteiger charge is 2.27. The van der Waals surface area contributed by atoms with Crippen LogP contribution in [0.15, 0.2) is 18.2 Å². The van der Waals surface area contributed by atoms with Gasteiger partial charge >= 0.3 is 5.69 Å². The second-order valence-corrected chi connectivity index (χ2v) is 3.62. The Morgan fingerprint density at radius 3 is 2.79 bits per heavy atom. The van der Waals surface area contributed by atoms with E-state index in [1.165, 1.54) is 6.07 Å². The van der Waals surface area contributed by atoms with Crippen LogP contribution in [0.3, 0.4) is 0 Å². The van der Waals surface area contributed by atoms with Crippen LogP contribution >= 0.6 is 11.6 Å². The van der Waals surface area contributed by atoms with Crippen molar-refractivity contribution in [3.63, 3.8) is 0 Å². The van der Waals surface area contributed by atoms with E-state index in [-0.39, 0.29) is 11.8 Å². The van der Waals surface area contributed by atoms with Crippen LogP contribution in [0.25, 0.3) is 0 Å². The second kappa shape index (κ2) is 3.46. The maximum atomic E-state index is 10.6. The van der Waals surface area contributed by atoms with Crippen molar-refractivity contribution in [1.29, 1.82) is 0 Å². The first kappa shape index (κ1) is 9.27. The minimum absolute atomic E-state index is 0.0654. The van der Waals surface area contributed by atoms with Crippen LogP contribution in [0.1, 0.15) is 12.8 Å². The SMILES string of the molecule is O=[N+]([O-])c1cc(Cl)ccc1OC1CC1.